The lowest BCUT2D eigenvalue weighted by atomic mass is 10.1. The van der Waals surface area contributed by atoms with Crippen molar-refractivity contribution in [3.63, 3.8) is 0 Å². The molecule has 0 aromatic heterocycles. The molecule has 0 amide bonds. The Hall–Kier alpha value is -1.12. The summed E-state index contributed by atoms with van der Waals surface area (Å²) < 4.78 is 26.6. The first-order valence-electron chi connectivity index (χ1n) is 7.98. The van der Waals surface area contributed by atoms with Gasteiger partial charge in [-0.3, -0.25) is 9.52 Å². The Morgan fingerprint density at radius 2 is 1.71 bits per heavy atom. The van der Waals surface area contributed by atoms with E-state index in [4.69, 9.17) is 10.8 Å². The van der Waals surface area contributed by atoms with Crippen LogP contribution in [-0.4, -0.2) is 36.6 Å². The van der Waals surface area contributed by atoms with Gasteiger partial charge in [-0.05, 0) is 37.0 Å². The first-order valence-corrected chi connectivity index (χ1v) is 10.8. The maximum Gasteiger partial charge on any atom is 0.320 e. The van der Waals surface area contributed by atoms with Crippen molar-refractivity contribution in [2.75, 3.05) is 15.8 Å². The van der Waals surface area contributed by atoms with E-state index in [2.05, 4.69) is 20.7 Å². The number of unbranched alkanes of at least 4 members (excludes halogenated alkanes) is 4. The van der Waals surface area contributed by atoms with Gasteiger partial charge in [0.15, 0.2) is 0 Å². The third-order valence-corrected chi connectivity index (χ3v) is 5.48. The van der Waals surface area contributed by atoms with Crippen LogP contribution in [0.1, 0.15) is 37.7 Å². The van der Waals surface area contributed by atoms with Gasteiger partial charge in [-0.1, -0.05) is 47.3 Å². The van der Waals surface area contributed by atoms with Crippen molar-refractivity contribution in [2.24, 2.45) is 5.73 Å². The third-order valence-electron chi connectivity index (χ3n) is 3.55. The monoisotopic (exact) mass is 420 g/mol. The summed E-state index contributed by atoms with van der Waals surface area (Å²) in [6.07, 6.45) is 5.01. The number of carboxylic acid groups (broad SMARTS) is 1. The van der Waals surface area contributed by atoms with E-state index in [1.165, 1.54) is 0 Å². The van der Waals surface area contributed by atoms with E-state index >= 15 is 0 Å². The molecule has 1 aromatic rings. The highest BCUT2D eigenvalue weighted by Gasteiger charge is 2.13. The molecule has 0 saturated heterocycles. The Labute approximate surface area is 152 Å². The van der Waals surface area contributed by atoms with Gasteiger partial charge in [-0.2, -0.15) is 0 Å². The fourth-order valence-corrected chi connectivity index (χ4v) is 3.78. The van der Waals surface area contributed by atoms with Crippen LogP contribution >= 0.6 is 15.9 Å². The van der Waals surface area contributed by atoms with E-state index in [1.807, 2.05) is 0 Å². The summed E-state index contributed by atoms with van der Waals surface area (Å²) in [5.41, 5.74) is 6.70. The summed E-state index contributed by atoms with van der Waals surface area (Å²) in [4.78, 5) is 10.7. The van der Waals surface area contributed by atoms with Gasteiger partial charge in [0.05, 0.1) is 5.75 Å². The zero-order valence-electron chi connectivity index (χ0n) is 13.6. The molecular weight excluding hydrogens is 396 g/mol. The predicted molar refractivity (Wildman–Crippen MR) is 100 cm³/mol. The summed E-state index contributed by atoms with van der Waals surface area (Å²) in [6.45, 7) is 0. The van der Waals surface area contributed by atoms with Gasteiger partial charge in [0.25, 0.3) is 0 Å². The number of carbonyl (C=O) groups is 1. The van der Waals surface area contributed by atoms with Crippen LogP contribution in [0, 0.1) is 0 Å². The SMILES string of the molecule is NC(Cc1ccc(NS(=O)(=O)CCCCCCCBr)cc1)C(=O)O. The molecule has 6 nitrogen and oxygen atoms in total. The number of nitrogens with two attached hydrogens (primary N) is 1. The van der Waals surface area contributed by atoms with E-state index in [9.17, 15) is 13.2 Å². The van der Waals surface area contributed by atoms with Crippen molar-refractivity contribution >= 4 is 37.6 Å². The summed E-state index contributed by atoms with van der Waals surface area (Å²) in [5, 5.41) is 9.77. The maximum atomic E-state index is 12.0. The Kier molecular flexibility index (Phi) is 9.31. The molecule has 0 aliphatic carbocycles. The number of halogens is 1. The second-order valence-corrected chi connectivity index (χ2v) is 8.36. The lowest BCUT2D eigenvalue weighted by Gasteiger charge is -2.10. The largest absolute Gasteiger partial charge is 0.480 e. The van der Waals surface area contributed by atoms with Gasteiger partial charge in [-0.25, -0.2) is 8.42 Å². The van der Waals surface area contributed by atoms with Crippen molar-refractivity contribution in [1.82, 2.24) is 0 Å². The zero-order valence-corrected chi connectivity index (χ0v) is 16.0. The molecule has 0 spiro atoms. The Balaban J connectivity index is 2.42. The number of hydrogen-bond acceptors (Lipinski definition) is 4. The van der Waals surface area contributed by atoms with Gasteiger partial charge in [0.2, 0.25) is 10.0 Å². The van der Waals surface area contributed by atoms with Crippen LogP contribution in [0.15, 0.2) is 24.3 Å². The Bertz CT molecular complexity index is 605. The number of anilines is 1. The van der Waals surface area contributed by atoms with Gasteiger partial charge in [0, 0.05) is 11.0 Å². The van der Waals surface area contributed by atoms with Gasteiger partial charge in [0.1, 0.15) is 6.04 Å². The highest BCUT2D eigenvalue weighted by atomic mass is 79.9. The zero-order chi connectivity index (χ0) is 18.0. The molecule has 0 aliphatic heterocycles. The number of alkyl halides is 1. The van der Waals surface area contributed by atoms with Crippen LogP contribution in [0.25, 0.3) is 0 Å². The lowest BCUT2D eigenvalue weighted by molar-refractivity contribution is -0.138. The molecule has 0 fully saturated rings. The summed E-state index contributed by atoms with van der Waals surface area (Å²) >= 11 is 3.37. The number of aliphatic carboxylic acids is 1. The van der Waals surface area contributed by atoms with Crippen LogP contribution in [0.3, 0.4) is 0 Å². The number of hydrogen-bond donors (Lipinski definition) is 3. The minimum absolute atomic E-state index is 0.104. The van der Waals surface area contributed by atoms with Gasteiger partial charge in [-0.15, -0.1) is 0 Å². The number of rotatable bonds is 12. The highest BCUT2D eigenvalue weighted by molar-refractivity contribution is 9.09. The Morgan fingerprint density at radius 1 is 1.12 bits per heavy atom. The van der Waals surface area contributed by atoms with Crippen LogP contribution in [0.2, 0.25) is 0 Å². The van der Waals surface area contributed by atoms with Crippen LogP contribution in [0.4, 0.5) is 5.69 Å². The molecule has 24 heavy (non-hydrogen) atoms. The number of sulfonamides is 1. The number of benzene rings is 1. The average molecular weight is 421 g/mol. The van der Waals surface area contributed by atoms with Crippen molar-refractivity contribution in [3.05, 3.63) is 29.8 Å². The molecule has 1 rings (SSSR count). The minimum atomic E-state index is -3.35. The quantitative estimate of drug-likeness (QED) is 0.355. The molecule has 1 atom stereocenters. The smallest absolute Gasteiger partial charge is 0.320 e. The first-order chi connectivity index (χ1) is 11.3. The molecule has 0 aliphatic rings. The van der Waals surface area contributed by atoms with Crippen molar-refractivity contribution in [2.45, 2.75) is 44.6 Å². The average Bonchev–Trinajstić information content (AvgIpc) is 2.52. The molecular formula is C16H25BrN2O4S. The summed E-state index contributed by atoms with van der Waals surface area (Å²) in [7, 11) is -3.35. The molecule has 8 heteroatoms. The minimum Gasteiger partial charge on any atom is -0.480 e. The molecule has 1 aromatic carbocycles. The molecule has 0 bridgehead atoms. The molecule has 1 unspecified atom stereocenters. The van der Waals surface area contributed by atoms with Crippen LogP contribution in [0.5, 0.6) is 0 Å². The topological polar surface area (TPSA) is 109 Å². The van der Waals surface area contributed by atoms with Crippen LogP contribution in [-0.2, 0) is 21.2 Å². The standard InChI is InChI=1S/C16H25BrN2O4S/c17-10-4-2-1-3-5-11-24(22,23)19-14-8-6-13(7-9-14)12-15(18)16(20)21/h6-9,15,19H,1-5,10-12,18H2,(H,20,21). The molecule has 0 heterocycles. The van der Waals surface area contributed by atoms with Crippen molar-refractivity contribution in [3.8, 4) is 0 Å². The van der Waals surface area contributed by atoms with E-state index < -0.39 is 22.0 Å². The van der Waals surface area contributed by atoms with E-state index in [-0.39, 0.29) is 12.2 Å². The second kappa shape index (κ2) is 10.7. The Morgan fingerprint density at radius 3 is 2.29 bits per heavy atom. The second-order valence-electron chi connectivity index (χ2n) is 5.72. The van der Waals surface area contributed by atoms with Crippen molar-refractivity contribution < 1.29 is 18.3 Å². The van der Waals surface area contributed by atoms with Gasteiger partial charge >= 0.3 is 5.97 Å². The fourth-order valence-electron chi connectivity index (χ4n) is 2.20. The fraction of sp³-hybridized carbons (Fsp3) is 0.562. The number of nitrogens with one attached hydrogen (secondary N) is 1. The highest BCUT2D eigenvalue weighted by Crippen LogP contribution is 2.14. The van der Waals surface area contributed by atoms with E-state index in [1.54, 1.807) is 24.3 Å². The van der Waals surface area contributed by atoms with Gasteiger partial charge < -0.3 is 10.8 Å². The van der Waals surface area contributed by atoms with E-state index in [0.717, 1.165) is 36.6 Å². The molecule has 136 valence electrons. The molecule has 0 radical (unpaired) electrons. The maximum absolute atomic E-state index is 12.0. The normalized spacial score (nSPS) is 12.8. The van der Waals surface area contributed by atoms with E-state index in [0.29, 0.717) is 12.1 Å². The summed E-state index contributed by atoms with van der Waals surface area (Å²) in [6, 6.07) is 5.65. The van der Waals surface area contributed by atoms with Crippen LogP contribution < -0.4 is 10.5 Å². The molecule has 0 saturated carbocycles. The number of carboxylic acids is 1. The first kappa shape index (κ1) is 20.9. The van der Waals surface area contributed by atoms with Crippen molar-refractivity contribution in [1.29, 1.82) is 0 Å². The lowest BCUT2D eigenvalue weighted by Crippen LogP contribution is -2.32. The molecule has 4 N–H and O–H groups in total. The third kappa shape index (κ3) is 8.65. The summed E-state index contributed by atoms with van der Waals surface area (Å²) in [5.74, 6) is -0.955. The predicted octanol–water partition coefficient (Wildman–Crippen LogP) is 2.73.